The number of ether oxygens (including phenoxy) is 2. The van der Waals surface area contributed by atoms with Crippen LogP contribution in [0.15, 0.2) is 96.4 Å². The lowest BCUT2D eigenvalue weighted by atomic mass is 10.1. The number of fused-ring (bicyclic) bond motifs is 1. The number of rotatable bonds is 8. The van der Waals surface area contributed by atoms with Crippen LogP contribution in [-0.4, -0.2) is 38.1 Å². The molecule has 8 nitrogen and oxygen atoms in total. The van der Waals surface area contributed by atoms with Gasteiger partial charge in [0.05, 0.1) is 22.4 Å². The van der Waals surface area contributed by atoms with Crippen LogP contribution in [0.3, 0.4) is 0 Å². The average molecular weight is 568 g/mol. The SMILES string of the molecule is C=CCOc1ccc(-c2nc3s/c(=C\c4cn(-c5ccccc5)nc4-c4ccc(OC)c(Cl)c4)c(=O)n3n2)cc1. The highest BCUT2D eigenvalue weighted by atomic mass is 35.5. The fourth-order valence-corrected chi connectivity index (χ4v) is 5.35. The third kappa shape index (κ3) is 4.88. The number of hydrogen-bond donors (Lipinski definition) is 0. The van der Waals surface area contributed by atoms with Gasteiger partial charge in [0.15, 0.2) is 5.82 Å². The first-order chi connectivity index (χ1) is 19.5. The number of aromatic nitrogens is 5. The molecule has 3 aromatic carbocycles. The van der Waals surface area contributed by atoms with Gasteiger partial charge in [-0.2, -0.15) is 14.6 Å². The predicted molar refractivity (Wildman–Crippen MR) is 158 cm³/mol. The summed E-state index contributed by atoms with van der Waals surface area (Å²) in [4.78, 5) is 18.5. The molecule has 0 aliphatic heterocycles. The molecule has 6 rings (SSSR count). The highest BCUT2D eigenvalue weighted by molar-refractivity contribution is 7.15. The van der Waals surface area contributed by atoms with Crippen LogP contribution >= 0.6 is 22.9 Å². The van der Waals surface area contributed by atoms with Crippen LogP contribution in [-0.2, 0) is 0 Å². The van der Waals surface area contributed by atoms with Gasteiger partial charge in [0.1, 0.15) is 23.8 Å². The molecule has 0 spiro atoms. The zero-order valence-electron chi connectivity index (χ0n) is 21.3. The van der Waals surface area contributed by atoms with Crippen molar-refractivity contribution in [1.82, 2.24) is 24.4 Å². The quantitative estimate of drug-likeness (QED) is 0.228. The Kier molecular flexibility index (Phi) is 6.90. The number of para-hydroxylation sites is 1. The van der Waals surface area contributed by atoms with Crippen molar-refractivity contribution < 1.29 is 9.47 Å². The predicted octanol–water partition coefficient (Wildman–Crippen LogP) is 5.45. The molecule has 0 saturated carbocycles. The van der Waals surface area contributed by atoms with Crippen LogP contribution in [0.5, 0.6) is 11.5 Å². The molecule has 3 heterocycles. The number of methoxy groups -OCH3 is 1. The Bertz CT molecular complexity index is 1950. The van der Waals surface area contributed by atoms with Gasteiger partial charge in [-0.3, -0.25) is 4.79 Å². The second-order valence-electron chi connectivity index (χ2n) is 8.73. The van der Waals surface area contributed by atoms with Gasteiger partial charge in [-0.15, -0.1) is 5.10 Å². The lowest BCUT2D eigenvalue weighted by Gasteiger charge is -2.05. The highest BCUT2D eigenvalue weighted by Crippen LogP contribution is 2.32. The molecule has 0 saturated heterocycles. The molecule has 0 N–H and O–H groups in total. The van der Waals surface area contributed by atoms with Crippen LogP contribution in [0.4, 0.5) is 0 Å². The van der Waals surface area contributed by atoms with Crippen molar-refractivity contribution in [3.63, 3.8) is 0 Å². The van der Waals surface area contributed by atoms with Crippen molar-refractivity contribution in [2.45, 2.75) is 0 Å². The van der Waals surface area contributed by atoms with Crippen LogP contribution in [0.2, 0.25) is 5.02 Å². The van der Waals surface area contributed by atoms with Crippen molar-refractivity contribution in [3.8, 4) is 39.8 Å². The topological polar surface area (TPSA) is 83.5 Å². The van der Waals surface area contributed by atoms with Gasteiger partial charge in [-0.25, -0.2) is 4.68 Å². The van der Waals surface area contributed by atoms with Crippen molar-refractivity contribution in [2.24, 2.45) is 0 Å². The van der Waals surface area contributed by atoms with Crippen molar-refractivity contribution in [2.75, 3.05) is 13.7 Å². The van der Waals surface area contributed by atoms with E-state index in [9.17, 15) is 4.79 Å². The van der Waals surface area contributed by atoms with E-state index in [1.54, 1.807) is 30.0 Å². The molecule has 10 heteroatoms. The maximum absolute atomic E-state index is 13.4. The number of halogens is 1. The number of thiazole rings is 1. The standard InChI is InChI=1S/C30H22ClN5O3S/c1-3-15-39-23-12-9-19(10-13-23)28-32-30-36(34-28)29(37)26(40-30)17-21-18-35(22-7-5-4-6-8-22)33-27(21)20-11-14-25(38-2)24(31)16-20/h3-14,16-18H,1,15H2,2H3/b26-17-. The van der Waals surface area contributed by atoms with E-state index in [0.717, 1.165) is 28.1 Å². The third-order valence-corrected chi connectivity index (χ3v) is 7.39. The Labute approximate surface area is 238 Å². The molecular weight excluding hydrogens is 546 g/mol. The monoisotopic (exact) mass is 567 g/mol. The van der Waals surface area contributed by atoms with Gasteiger partial charge in [0.25, 0.3) is 5.56 Å². The van der Waals surface area contributed by atoms with E-state index in [1.807, 2.05) is 72.9 Å². The van der Waals surface area contributed by atoms with Crippen LogP contribution < -0.4 is 19.6 Å². The van der Waals surface area contributed by atoms with E-state index in [0.29, 0.717) is 38.4 Å². The van der Waals surface area contributed by atoms with Crippen molar-refractivity contribution >= 4 is 34.0 Å². The fourth-order valence-electron chi connectivity index (χ4n) is 4.20. The van der Waals surface area contributed by atoms with Gasteiger partial charge in [-0.05, 0) is 60.7 Å². The maximum Gasteiger partial charge on any atom is 0.291 e. The van der Waals surface area contributed by atoms with Gasteiger partial charge in [0.2, 0.25) is 4.96 Å². The maximum atomic E-state index is 13.4. The summed E-state index contributed by atoms with van der Waals surface area (Å²) >= 11 is 7.70. The lowest BCUT2D eigenvalue weighted by Crippen LogP contribution is -2.23. The van der Waals surface area contributed by atoms with E-state index in [1.165, 1.54) is 15.9 Å². The van der Waals surface area contributed by atoms with E-state index in [4.69, 9.17) is 26.2 Å². The second-order valence-corrected chi connectivity index (χ2v) is 10.1. The van der Waals surface area contributed by atoms with Gasteiger partial charge in [0, 0.05) is 22.9 Å². The van der Waals surface area contributed by atoms with E-state index in [2.05, 4.69) is 16.7 Å². The Balaban J connectivity index is 1.41. The zero-order valence-corrected chi connectivity index (χ0v) is 22.9. The van der Waals surface area contributed by atoms with E-state index >= 15 is 0 Å². The Morgan fingerprint density at radius 3 is 2.50 bits per heavy atom. The smallest absolute Gasteiger partial charge is 0.291 e. The molecule has 0 radical (unpaired) electrons. The molecule has 0 amide bonds. The molecular formula is C30H22ClN5O3S. The van der Waals surface area contributed by atoms with Gasteiger partial charge < -0.3 is 9.47 Å². The molecule has 40 heavy (non-hydrogen) atoms. The second kappa shape index (κ2) is 10.8. The largest absolute Gasteiger partial charge is 0.495 e. The molecule has 0 unspecified atom stereocenters. The molecule has 0 aliphatic carbocycles. The number of hydrogen-bond acceptors (Lipinski definition) is 7. The average Bonchev–Trinajstić information content (AvgIpc) is 3.67. The Morgan fingerprint density at radius 1 is 1.02 bits per heavy atom. The van der Waals surface area contributed by atoms with Crippen LogP contribution in [0.25, 0.3) is 39.4 Å². The molecule has 0 atom stereocenters. The minimum absolute atomic E-state index is 0.254. The summed E-state index contributed by atoms with van der Waals surface area (Å²) in [6.07, 6.45) is 5.39. The number of benzene rings is 3. The Morgan fingerprint density at radius 2 is 1.80 bits per heavy atom. The number of nitrogens with zero attached hydrogens (tertiary/aromatic N) is 5. The molecule has 198 valence electrons. The Hall–Kier alpha value is -4.73. The molecule has 6 aromatic rings. The normalized spacial score (nSPS) is 11.7. The summed E-state index contributed by atoms with van der Waals surface area (Å²) in [7, 11) is 1.57. The van der Waals surface area contributed by atoms with Crippen LogP contribution in [0, 0.1) is 0 Å². The summed E-state index contributed by atoms with van der Waals surface area (Å²) < 4.78 is 14.4. The highest BCUT2D eigenvalue weighted by Gasteiger charge is 2.16. The van der Waals surface area contributed by atoms with Crippen LogP contribution in [0.1, 0.15) is 5.56 Å². The minimum Gasteiger partial charge on any atom is -0.495 e. The fraction of sp³-hybridized carbons (Fsp3) is 0.0667. The first-order valence-electron chi connectivity index (χ1n) is 12.3. The zero-order chi connectivity index (χ0) is 27.6. The minimum atomic E-state index is -0.254. The van der Waals surface area contributed by atoms with Gasteiger partial charge in [-0.1, -0.05) is 53.8 Å². The molecule has 3 aromatic heterocycles. The summed E-state index contributed by atoms with van der Waals surface area (Å²) in [6, 6.07) is 22.6. The summed E-state index contributed by atoms with van der Waals surface area (Å²) in [5, 5.41) is 9.77. The molecule has 0 aliphatic rings. The molecule has 0 bridgehead atoms. The summed E-state index contributed by atoms with van der Waals surface area (Å²) in [5.41, 5.74) is 3.64. The summed E-state index contributed by atoms with van der Waals surface area (Å²) in [6.45, 7) is 4.08. The third-order valence-electron chi connectivity index (χ3n) is 6.14. The first-order valence-corrected chi connectivity index (χ1v) is 13.5. The lowest BCUT2D eigenvalue weighted by molar-refractivity contribution is 0.363. The van der Waals surface area contributed by atoms with E-state index < -0.39 is 0 Å². The summed E-state index contributed by atoms with van der Waals surface area (Å²) in [5.74, 6) is 1.76. The van der Waals surface area contributed by atoms with E-state index in [-0.39, 0.29) is 5.56 Å². The first kappa shape index (κ1) is 25.5. The van der Waals surface area contributed by atoms with Gasteiger partial charge >= 0.3 is 0 Å². The van der Waals surface area contributed by atoms with Crippen molar-refractivity contribution in [3.05, 3.63) is 117 Å². The van der Waals surface area contributed by atoms with Crippen molar-refractivity contribution in [1.29, 1.82) is 0 Å². The molecule has 0 fully saturated rings.